The van der Waals surface area contributed by atoms with Gasteiger partial charge in [0, 0.05) is 48.3 Å². The summed E-state index contributed by atoms with van der Waals surface area (Å²) < 4.78 is 0. The maximum atomic E-state index is 13.1. The summed E-state index contributed by atoms with van der Waals surface area (Å²) >= 11 is 1.87. The van der Waals surface area contributed by atoms with E-state index < -0.39 is 0 Å². The summed E-state index contributed by atoms with van der Waals surface area (Å²) in [6, 6.07) is 4.40. The minimum Gasteiger partial charge on any atom is -0.356 e. The van der Waals surface area contributed by atoms with Crippen molar-refractivity contribution in [2.75, 3.05) is 32.7 Å². The number of carbonyl (C=O) groups excluding carboxylic acids is 2. The number of aryl methyl sites for hydroxylation is 1. The summed E-state index contributed by atoms with van der Waals surface area (Å²) in [6.07, 6.45) is 6.67. The lowest BCUT2D eigenvalue weighted by atomic mass is 9.95. The lowest BCUT2D eigenvalue weighted by Gasteiger charge is -2.34. The van der Waals surface area contributed by atoms with Gasteiger partial charge in [-0.1, -0.05) is 12.8 Å². The van der Waals surface area contributed by atoms with E-state index in [1.54, 1.807) is 0 Å². The standard InChI is InChI=1S/C21H33N3O2S/c1-17-6-7-19(27-17)16-23-13-8-18(9-14-23)21(26)24-12-5-3-2-4-11-22-20(25)10-15-24/h6-7,18H,2-5,8-16H2,1H3,(H,22,25). The molecule has 0 radical (unpaired) electrons. The van der Waals surface area contributed by atoms with Crippen molar-refractivity contribution in [1.29, 1.82) is 0 Å². The van der Waals surface area contributed by atoms with Crippen LogP contribution in [-0.4, -0.2) is 54.3 Å². The van der Waals surface area contributed by atoms with Crippen LogP contribution in [0.15, 0.2) is 12.1 Å². The van der Waals surface area contributed by atoms with Crippen molar-refractivity contribution in [3.63, 3.8) is 0 Å². The molecular weight excluding hydrogens is 358 g/mol. The van der Waals surface area contributed by atoms with Crippen LogP contribution in [0.3, 0.4) is 0 Å². The molecule has 1 aromatic heterocycles. The molecule has 0 unspecified atom stereocenters. The number of nitrogens with one attached hydrogen (secondary N) is 1. The molecule has 0 aromatic carbocycles. The third-order valence-electron chi connectivity index (χ3n) is 5.71. The van der Waals surface area contributed by atoms with Gasteiger partial charge in [0.05, 0.1) is 0 Å². The Kier molecular flexibility index (Phi) is 7.70. The first-order valence-corrected chi connectivity index (χ1v) is 11.3. The molecule has 0 aliphatic carbocycles. The van der Waals surface area contributed by atoms with E-state index in [0.29, 0.717) is 13.0 Å². The first-order valence-electron chi connectivity index (χ1n) is 10.4. The average molecular weight is 392 g/mol. The fourth-order valence-electron chi connectivity index (χ4n) is 4.05. The quantitative estimate of drug-likeness (QED) is 0.861. The van der Waals surface area contributed by atoms with Gasteiger partial charge in [0.1, 0.15) is 0 Å². The third-order valence-corrected chi connectivity index (χ3v) is 6.70. The molecule has 2 aliphatic heterocycles. The summed E-state index contributed by atoms with van der Waals surface area (Å²) in [6.45, 7) is 7.27. The molecule has 27 heavy (non-hydrogen) atoms. The minimum absolute atomic E-state index is 0.0794. The number of piperidine rings is 1. The molecule has 3 heterocycles. The van der Waals surface area contributed by atoms with Gasteiger partial charge in [0.25, 0.3) is 0 Å². The van der Waals surface area contributed by atoms with Gasteiger partial charge in [-0.15, -0.1) is 11.3 Å². The van der Waals surface area contributed by atoms with Crippen LogP contribution < -0.4 is 5.32 Å². The molecular formula is C21H33N3O2S. The Morgan fingerprint density at radius 1 is 1.11 bits per heavy atom. The van der Waals surface area contributed by atoms with E-state index in [1.165, 1.54) is 9.75 Å². The lowest BCUT2D eigenvalue weighted by molar-refractivity contribution is -0.137. The van der Waals surface area contributed by atoms with Gasteiger partial charge in [-0.05, 0) is 57.8 Å². The van der Waals surface area contributed by atoms with Gasteiger partial charge in [0.2, 0.25) is 11.8 Å². The van der Waals surface area contributed by atoms with Crippen molar-refractivity contribution in [2.24, 2.45) is 5.92 Å². The molecule has 0 spiro atoms. The van der Waals surface area contributed by atoms with E-state index in [9.17, 15) is 9.59 Å². The normalized spacial score (nSPS) is 21.5. The monoisotopic (exact) mass is 391 g/mol. The zero-order valence-electron chi connectivity index (χ0n) is 16.5. The van der Waals surface area contributed by atoms with Gasteiger partial charge in [-0.3, -0.25) is 14.5 Å². The first-order chi connectivity index (χ1) is 13.1. The van der Waals surface area contributed by atoms with Crippen molar-refractivity contribution in [2.45, 2.75) is 58.4 Å². The molecule has 1 N–H and O–H groups in total. The Balaban J connectivity index is 1.49. The van der Waals surface area contributed by atoms with Gasteiger partial charge in [0.15, 0.2) is 0 Å². The van der Waals surface area contributed by atoms with Gasteiger partial charge < -0.3 is 10.2 Å². The highest BCUT2D eigenvalue weighted by atomic mass is 32.1. The van der Waals surface area contributed by atoms with Crippen LogP contribution in [0.25, 0.3) is 0 Å². The van der Waals surface area contributed by atoms with Crippen LogP contribution in [0.2, 0.25) is 0 Å². The molecule has 5 nitrogen and oxygen atoms in total. The Hall–Kier alpha value is -1.40. The van der Waals surface area contributed by atoms with Crippen LogP contribution in [0.1, 0.15) is 54.7 Å². The highest BCUT2D eigenvalue weighted by Crippen LogP contribution is 2.24. The zero-order valence-corrected chi connectivity index (χ0v) is 17.4. The second-order valence-electron chi connectivity index (χ2n) is 7.90. The first kappa shape index (κ1) is 20.3. The Morgan fingerprint density at radius 2 is 1.89 bits per heavy atom. The Labute approximate surface area is 167 Å². The summed E-state index contributed by atoms with van der Waals surface area (Å²) in [5.41, 5.74) is 0. The van der Waals surface area contributed by atoms with Crippen molar-refractivity contribution < 1.29 is 9.59 Å². The molecule has 0 atom stereocenters. The number of likely N-dealkylation sites (tertiary alicyclic amines) is 1. The molecule has 6 heteroatoms. The third kappa shape index (κ3) is 6.32. The summed E-state index contributed by atoms with van der Waals surface area (Å²) in [4.78, 5) is 32.2. The fraction of sp³-hybridized carbons (Fsp3) is 0.714. The van der Waals surface area contributed by atoms with E-state index in [2.05, 4.69) is 29.3 Å². The number of carbonyl (C=O) groups is 2. The maximum Gasteiger partial charge on any atom is 0.225 e. The maximum absolute atomic E-state index is 13.1. The van der Waals surface area contributed by atoms with Gasteiger partial charge >= 0.3 is 0 Å². The topological polar surface area (TPSA) is 52.7 Å². The number of nitrogens with zero attached hydrogens (tertiary/aromatic N) is 2. The van der Waals surface area contributed by atoms with E-state index in [-0.39, 0.29) is 17.7 Å². The predicted octanol–water partition coefficient (Wildman–Crippen LogP) is 3.18. The van der Waals surface area contributed by atoms with Crippen molar-refractivity contribution in [3.8, 4) is 0 Å². The van der Waals surface area contributed by atoms with Crippen LogP contribution in [0.4, 0.5) is 0 Å². The number of thiophene rings is 1. The van der Waals surface area contributed by atoms with E-state index >= 15 is 0 Å². The number of amides is 2. The second-order valence-corrected chi connectivity index (χ2v) is 9.27. The van der Waals surface area contributed by atoms with Crippen LogP contribution >= 0.6 is 11.3 Å². The van der Waals surface area contributed by atoms with Crippen molar-refractivity contribution in [1.82, 2.24) is 15.1 Å². The van der Waals surface area contributed by atoms with Crippen LogP contribution in [0.5, 0.6) is 0 Å². The molecule has 1 aromatic rings. The Morgan fingerprint density at radius 3 is 2.63 bits per heavy atom. The molecule has 0 saturated carbocycles. The molecule has 2 saturated heterocycles. The molecule has 2 amide bonds. The van der Waals surface area contributed by atoms with Crippen molar-refractivity contribution >= 4 is 23.2 Å². The molecule has 3 rings (SSSR count). The smallest absolute Gasteiger partial charge is 0.225 e. The van der Waals surface area contributed by atoms with Crippen molar-refractivity contribution in [3.05, 3.63) is 21.9 Å². The molecule has 2 aliphatic rings. The van der Waals surface area contributed by atoms with E-state index in [4.69, 9.17) is 0 Å². The predicted molar refractivity (Wildman–Crippen MR) is 110 cm³/mol. The molecule has 150 valence electrons. The highest BCUT2D eigenvalue weighted by molar-refractivity contribution is 7.11. The van der Waals surface area contributed by atoms with Crippen LogP contribution in [-0.2, 0) is 16.1 Å². The summed E-state index contributed by atoms with van der Waals surface area (Å²) in [5, 5.41) is 2.97. The minimum atomic E-state index is 0.0794. The summed E-state index contributed by atoms with van der Waals surface area (Å²) in [5.74, 6) is 0.476. The fourth-order valence-corrected chi connectivity index (χ4v) is 4.99. The number of rotatable bonds is 3. The largest absolute Gasteiger partial charge is 0.356 e. The van der Waals surface area contributed by atoms with Crippen LogP contribution in [0, 0.1) is 12.8 Å². The number of hydrogen-bond acceptors (Lipinski definition) is 4. The number of hydrogen-bond donors (Lipinski definition) is 1. The SMILES string of the molecule is Cc1ccc(CN2CCC(C(=O)N3CCCCCCNC(=O)CC3)CC2)s1. The summed E-state index contributed by atoms with van der Waals surface area (Å²) in [7, 11) is 0. The van der Waals surface area contributed by atoms with Gasteiger partial charge in [-0.25, -0.2) is 0 Å². The van der Waals surface area contributed by atoms with E-state index in [1.807, 2.05) is 16.2 Å². The highest BCUT2D eigenvalue weighted by Gasteiger charge is 2.28. The zero-order chi connectivity index (χ0) is 19.1. The van der Waals surface area contributed by atoms with E-state index in [0.717, 1.165) is 71.2 Å². The molecule has 0 bridgehead atoms. The lowest BCUT2D eigenvalue weighted by Crippen LogP contribution is -2.43. The Bertz CT molecular complexity index is 623. The van der Waals surface area contributed by atoms with Gasteiger partial charge in [-0.2, -0.15) is 0 Å². The second kappa shape index (κ2) is 10.2. The average Bonchev–Trinajstić information content (AvgIpc) is 3.05. The molecule has 2 fully saturated rings.